The lowest BCUT2D eigenvalue weighted by atomic mass is 9.74. The van der Waals surface area contributed by atoms with E-state index in [0.717, 1.165) is 23.2 Å². The third kappa shape index (κ3) is 2.91. The average molecular weight is 333 g/mol. The number of nitrogens with one attached hydrogen (secondary N) is 1. The Bertz CT molecular complexity index is 818. The van der Waals surface area contributed by atoms with Crippen molar-refractivity contribution in [1.82, 2.24) is 15.2 Å². The number of fused-ring (bicyclic) bond motifs is 1. The molecular weight excluding hydrogens is 314 g/mol. The van der Waals surface area contributed by atoms with E-state index in [1.807, 2.05) is 29.2 Å². The molecule has 5 heteroatoms. The molecule has 2 fully saturated rings. The summed E-state index contributed by atoms with van der Waals surface area (Å²) in [6.45, 7) is 1.13. The minimum Gasteiger partial charge on any atom is -0.394 e. The predicted molar refractivity (Wildman–Crippen MR) is 93.8 cm³/mol. The molecule has 25 heavy (non-hydrogen) atoms. The number of aliphatic hydroxyl groups is 1. The van der Waals surface area contributed by atoms with E-state index >= 15 is 0 Å². The Morgan fingerprint density at radius 1 is 1.20 bits per heavy atom. The Morgan fingerprint density at radius 3 is 2.72 bits per heavy atom. The van der Waals surface area contributed by atoms with Gasteiger partial charge in [0.25, 0.3) is 0 Å². The average Bonchev–Trinajstić information content (AvgIpc) is 2.64. The normalized spacial score (nSPS) is 24.8. The lowest BCUT2D eigenvalue weighted by molar-refractivity contribution is -0.153. The molecule has 5 nitrogen and oxygen atoms in total. The first-order chi connectivity index (χ1) is 12.3. The van der Waals surface area contributed by atoms with Gasteiger partial charge in [-0.2, -0.15) is 0 Å². The SMILES string of the molecule is O=C1CNC[C@@H]2[C@@H](c3ccc(C#Cc4cccnc4)cc3)[C@@H](CO)N12. The van der Waals surface area contributed by atoms with Crippen molar-refractivity contribution in [2.24, 2.45) is 0 Å². The fourth-order valence-electron chi connectivity index (χ4n) is 3.78. The van der Waals surface area contributed by atoms with Crippen LogP contribution >= 0.6 is 0 Å². The van der Waals surface area contributed by atoms with Gasteiger partial charge in [0, 0.05) is 36.0 Å². The lowest BCUT2D eigenvalue weighted by Crippen LogP contribution is -2.72. The van der Waals surface area contributed by atoms with Gasteiger partial charge in [-0.1, -0.05) is 24.0 Å². The molecule has 0 radical (unpaired) electrons. The number of benzene rings is 1. The Morgan fingerprint density at radius 2 is 2.00 bits per heavy atom. The highest BCUT2D eigenvalue weighted by Crippen LogP contribution is 2.41. The molecule has 3 heterocycles. The zero-order valence-corrected chi connectivity index (χ0v) is 13.7. The van der Waals surface area contributed by atoms with Crippen molar-refractivity contribution in [3.63, 3.8) is 0 Å². The highest BCUT2D eigenvalue weighted by Gasteiger charge is 2.52. The number of rotatable bonds is 2. The van der Waals surface area contributed by atoms with E-state index in [0.29, 0.717) is 6.54 Å². The monoisotopic (exact) mass is 333 g/mol. The summed E-state index contributed by atoms with van der Waals surface area (Å²) >= 11 is 0. The minimum atomic E-state index is -0.119. The third-order valence-corrected chi connectivity index (χ3v) is 4.96. The number of aromatic nitrogens is 1. The Kier molecular flexibility index (Phi) is 4.22. The van der Waals surface area contributed by atoms with Crippen LogP contribution in [-0.4, -0.2) is 52.7 Å². The molecule has 2 aliphatic rings. The van der Waals surface area contributed by atoms with Crippen molar-refractivity contribution in [2.45, 2.75) is 18.0 Å². The second kappa shape index (κ2) is 6.67. The van der Waals surface area contributed by atoms with Gasteiger partial charge < -0.3 is 15.3 Å². The van der Waals surface area contributed by atoms with Gasteiger partial charge in [0.15, 0.2) is 0 Å². The summed E-state index contributed by atoms with van der Waals surface area (Å²) in [7, 11) is 0. The number of hydrogen-bond acceptors (Lipinski definition) is 4. The van der Waals surface area contributed by atoms with Gasteiger partial charge in [0.05, 0.1) is 25.2 Å². The van der Waals surface area contributed by atoms with Crippen LogP contribution in [0.15, 0.2) is 48.8 Å². The summed E-state index contributed by atoms with van der Waals surface area (Å²) in [5, 5.41) is 12.9. The molecule has 2 N–H and O–H groups in total. The van der Waals surface area contributed by atoms with Gasteiger partial charge in [-0.05, 0) is 29.8 Å². The van der Waals surface area contributed by atoms with Crippen molar-refractivity contribution in [3.8, 4) is 11.8 Å². The molecule has 2 aromatic rings. The number of carbonyl (C=O) groups excluding carboxylic acids is 1. The molecule has 126 valence electrons. The highest BCUT2D eigenvalue weighted by atomic mass is 16.3. The van der Waals surface area contributed by atoms with Crippen LogP contribution in [0, 0.1) is 11.8 Å². The van der Waals surface area contributed by atoms with Crippen LogP contribution in [0.25, 0.3) is 0 Å². The molecule has 1 aromatic carbocycles. The first-order valence-corrected chi connectivity index (χ1v) is 8.42. The van der Waals surface area contributed by atoms with E-state index < -0.39 is 0 Å². The van der Waals surface area contributed by atoms with Crippen LogP contribution in [-0.2, 0) is 4.79 Å². The summed E-state index contributed by atoms with van der Waals surface area (Å²) in [4.78, 5) is 17.9. The summed E-state index contributed by atoms with van der Waals surface area (Å²) < 4.78 is 0. The number of pyridine rings is 1. The topological polar surface area (TPSA) is 65.5 Å². The number of piperazine rings is 1. The number of hydrogen-bond donors (Lipinski definition) is 2. The van der Waals surface area contributed by atoms with Crippen molar-refractivity contribution in [3.05, 3.63) is 65.5 Å². The van der Waals surface area contributed by atoms with Gasteiger partial charge >= 0.3 is 0 Å². The summed E-state index contributed by atoms with van der Waals surface area (Å²) in [5.41, 5.74) is 2.96. The number of aliphatic hydroxyl groups excluding tert-OH is 1. The number of nitrogens with zero attached hydrogens (tertiary/aromatic N) is 2. The van der Waals surface area contributed by atoms with E-state index in [4.69, 9.17) is 0 Å². The maximum Gasteiger partial charge on any atom is 0.237 e. The third-order valence-electron chi connectivity index (χ3n) is 4.96. The molecule has 0 bridgehead atoms. The van der Waals surface area contributed by atoms with E-state index in [2.05, 4.69) is 34.3 Å². The minimum absolute atomic E-state index is 0.00449. The van der Waals surface area contributed by atoms with E-state index in [9.17, 15) is 9.90 Å². The zero-order valence-electron chi connectivity index (χ0n) is 13.7. The molecule has 3 atom stereocenters. The summed E-state index contributed by atoms with van der Waals surface area (Å²) in [5.74, 6) is 6.47. The van der Waals surface area contributed by atoms with Gasteiger partial charge in [0.1, 0.15) is 0 Å². The first-order valence-electron chi connectivity index (χ1n) is 8.42. The standard InChI is InChI=1S/C20H19N3O2/c24-13-18-20(17-11-22-12-19(25)23(17)18)16-7-5-14(6-8-16)3-4-15-2-1-9-21-10-15/h1-2,5-10,17-18,20,22,24H,11-13H2/t17-,18-,20-/m1/s1. The molecule has 1 aromatic heterocycles. The molecule has 2 aliphatic heterocycles. The molecule has 0 saturated carbocycles. The molecule has 2 saturated heterocycles. The van der Waals surface area contributed by atoms with E-state index in [1.54, 1.807) is 12.4 Å². The first kappa shape index (κ1) is 15.8. The van der Waals surface area contributed by atoms with Crippen LogP contribution in [0.2, 0.25) is 0 Å². The smallest absolute Gasteiger partial charge is 0.237 e. The van der Waals surface area contributed by atoms with Crippen LogP contribution in [0.3, 0.4) is 0 Å². The highest BCUT2D eigenvalue weighted by molar-refractivity contribution is 5.81. The van der Waals surface area contributed by atoms with Gasteiger partial charge in [-0.15, -0.1) is 0 Å². The lowest BCUT2D eigenvalue weighted by Gasteiger charge is -2.57. The number of carbonyl (C=O) groups is 1. The van der Waals surface area contributed by atoms with E-state index in [1.165, 1.54) is 0 Å². The zero-order chi connectivity index (χ0) is 17.2. The van der Waals surface area contributed by atoms with Gasteiger partial charge in [0.2, 0.25) is 5.91 Å². The van der Waals surface area contributed by atoms with Gasteiger partial charge in [-0.25, -0.2) is 0 Å². The number of amides is 1. The molecular formula is C20H19N3O2. The van der Waals surface area contributed by atoms with Crippen LogP contribution < -0.4 is 5.32 Å². The summed E-state index contributed by atoms with van der Waals surface area (Å²) in [6.07, 6.45) is 3.47. The second-order valence-corrected chi connectivity index (χ2v) is 6.39. The van der Waals surface area contributed by atoms with Crippen molar-refractivity contribution in [2.75, 3.05) is 19.7 Å². The Labute approximate surface area is 146 Å². The molecule has 1 amide bonds. The molecule has 4 rings (SSSR count). The van der Waals surface area contributed by atoms with Crippen molar-refractivity contribution >= 4 is 5.91 Å². The molecule has 0 aliphatic carbocycles. The van der Waals surface area contributed by atoms with Crippen molar-refractivity contribution in [1.29, 1.82) is 0 Å². The largest absolute Gasteiger partial charge is 0.394 e. The fourth-order valence-corrected chi connectivity index (χ4v) is 3.78. The van der Waals surface area contributed by atoms with Crippen molar-refractivity contribution < 1.29 is 9.90 Å². The van der Waals surface area contributed by atoms with Gasteiger partial charge in [-0.3, -0.25) is 9.78 Å². The quantitative estimate of drug-likeness (QED) is 0.796. The van der Waals surface area contributed by atoms with Crippen LogP contribution in [0.5, 0.6) is 0 Å². The Balaban J connectivity index is 1.52. The maximum absolute atomic E-state index is 12.0. The maximum atomic E-state index is 12.0. The van der Waals surface area contributed by atoms with E-state index in [-0.39, 0.29) is 30.5 Å². The fraction of sp³-hybridized carbons (Fsp3) is 0.300. The Hall–Kier alpha value is -2.68. The molecule has 0 unspecified atom stereocenters. The van der Waals surface area contributed by atoms with Crippen LogP contribution in [0.1, 0.15) is 22.6 Å². The van der Waals surface area contributed by atoms with Crippen LogP contribution in [0.4, 0.5) is 0 Å². The molecule has 0 spiro atoms. The second-order valence-electron chi connectivity index (χ2n) is 6.39. The predicted octanol–water partition coefficient (Wildman–Crippen LogP) is 0.740. The summed E-state index contributed by atoms with van der Waals surface area (Å²) in [6, 6.07) is 11.9.